The smallest absolute Gasteiger partial charge is 0.191 e. The maximum absolute atomic E-state index is 4.32. The van der Waals surface area contributed by atoms with Gasteiger partial charge in [0.2, 0.25) is 0 Å². The molecule has 1 saturated carbocycles. The van der Waals surface area contributed by atoms with Gasteiger partial charge in [-0.05, 0) is 31.9 Å². The van der Waals surface area contributed by atoms with Crippen LogP contribution in [0.25, 0.3) is 0 Å². The van der Waals surface area contributed by atoms with E-state index < -0.39 is 0 Å². The van der Waals surface area contributed by atoms with E-state index in [1.54, 1.807) is 11.3 Å². The number of hydrogen-bond acceptors (Lipinski definition) is 4. The second kappa shape index (κ2) is 9.05. The molecule has 1 fully saturated rings. The topological polar surface area (TPSA) is 49.3 Å². The Morgan fingerprint density at radius 1 is 1.29 bits per heavy atom. The molecule has 0 spiro atoms. The molecular weight excluding hydrogens is 451 g/mol. The number of halogens is 1. The van der Waals surface area contributed by atoms with E-state index in [2.05, 4.69) is 50.9 Å². The van der Waals surface area contributed by atoms with Gasteiger partial charge >= 0.3 is 0 Å². The molecule has 3 rings (SSSR count). The van der Waals surface area contributed by atoms with E-state index in [1.165, 1.54) is 22.6 Å². The number of aromatic nitrogens is 1. The molecule has 0 atom stereocenters. The fraction of sp³-hybridized carbons (Fsp3) is 0.412. The number of aliphatic imine (C=N–C) groups is 1. The van der Waals surface area contributed by atoms with Crippen molar-refractivity contribution in [2.75, 3.05) is 13.6 Å². The molecule has 0 amide bonds. The van der Waals surface area contributed by atoms with Crippen molar-refractivity contribution in [3.8, 4) is 0 Å². The van der Waals surface area contributed by atoms with Gasteiger partial charge in [-0.2, -0.15) is 0 Å². The maximum Gasteiger partial charge on any atom is 0.191 e. The van der Waals surface area contributed by atoms with Crippen molar-refractivity contribution >= 4 is 53.0 Å². The summed E-state index contributed by atoms with van der Waals surface area (Å²) in [6, 6.07) is 10.6. The van der Waals surface area contributed by atoms with E-state index in [9.17, 15) is 0 Å². The lowest BCUT2D eigenvalue weighted by Crippen LogP contribution is -2.40. The molecule has 1 aromatic carbocycles. The van der Waals surface area contributed by atoms with Crippen LogP contribution in [0, 0.1) is 6.92 Å². The summed E-state index contributed by atoms with van der Waals surface area (Å²) in [7, 11) is 1.82. The summed E-state index contributed by atoms with van der Waals surface area (Å²) in [6.07, 6.45) is 4.43. The zero-order valence-corrected chi connectivity index (χ0v) is 17.9. The fourth-order valence-corrected chi connectivity index (χ4v) is 4.29. The highest BCUT2D eigenvalue weighted by atomic mass is 127. The van der Waals surface area contributed by atoms with Crippen LogP contribution in [0.2, 0.25) is 0 Å². The highest BCUT2D eigenvalue weighted by molar-refractivity contribution is 14.0. The minimum atomic E-state index is 0. The summed E-state index contributed by atoms with van der Waals surface area (Å²) in [5, 5.41) is 7.93. The molecule has 2 N–H and O–H groups in total. The van der Waals surface area contributed by atoms with Crippen molar-refractivity contribution in [2.24, 2.45) is 4.99 Å². The highest BCUT2D eigenvalue weighted by Crippen LogP contribution is 2.51. The summed E-state index contributed by atoms with van der Waals surface area (Å²) in [4.78, 5) is 11.2. The Morgan fingerprint density at radius 3 is 2.62 bits per heavy atom. The molecule has 0 aliphatic heterocycles. The molecule has 0 saturated heterocycles. The van der Waals surface area contributed by atoms with Crippen molar-refractivity contribution in [2.45, 2.75) is 36.0 Å². The van der Waals surface area contributed by atoms with E-state index in [-0.39, 0.29) is 24.0 Å². The zero-order chi connectivity index (χ0) is 16.1. The third-order valence-corrected chi connectivity index (χ3v) is 6.19. The Morgan fingerprint density at radius 2 is 2.04 bits per heavy atom. The average molecular weight is 474 g/mol. The number of nitrogens with zero attached hydrogens (tertiary/aromatic N) is 2. The second-order valence-electron chi connectivity index (χ2n) is 5.72. The van der Waals surface area contributed by atoms with Gasteiger partial charge < -0.3 is 10.6 Å². The third kappa shape index (κ3) is 5.63. The first-order chi connectivity index (χ1) is 11.2. The quantitative estimate of drug-likeness (QED) is 0.377. The van der Waals surface area contributed by atoms with Crippen LogP contribution >= 0.6 is 47.1 Å². The Hall–Kier alpha value is -0.800. The normalized spacial score (nSPS) is 15.5. The minimum Gasteiger partial charge on any atom is -0.355 e. The van der Waals surface area contributed by atoms with Crippen LogP contribution in [0.4, 0.5) is 0 Å². The lowest BCUT2D eigenvalue weighted by atomic mass is 10.4. The lowest BCUT2D eigenvalue weighted by molar-refractivity contribution is 0.769. The van der Waals surface area contributed by atoms with Gasteiger partial charge in [-0.25, -0.2) is 4.98 Å². The number of thioether (sulfide) groups is 1. The molecule has 1 heterocycles. The van der Waals surface area contributed by atoms with E-state index in [0.29, 0.717) is 4.75 Å². The molecule has 0 bridgehead atoms. The first kappa shape index (κ1) is 19.5. The summed E-state index contributed by atoms with van der Waals surface area (Å²) < 4.78 is 0.319. The van der Waals surface area contributed by atoms with Crippen LogP contribution in [0.1, 0.15) is 22.7 Å². The van der Waals surface area contributed by atoms with Gasteiger partial charge in [0.05, 0.1) is 11.6 Å². The van der Waals surface area contributed by atoms with Crippen molar-refractivity contribution in [3.63, 3.8) is 0 Å². The molecule has 1 aromatic heterocycles. The Balaban J connectivity index is 0.00000208. The SMILES string of the molecule is CN=C(NCc1cnc(C)s1)NCC1(Sc2ccccc2)CC1.I. The van der Waals surface area contributed by atoms with Crippen molar-refractivity contribution in [1.82, 2.24) is 15.6 Å². The number of hydrogen-bond donors (Lipinski definition) is 2. The summed E-state index contributed by atoms with van der Waals surface area (Å²) in [5.74, 6) is 0.857. The molecule has 0 radical (unpaired) electrons. The van der Waals surface area contributed by atoms with Gasteiger partial charge in [0.1, 0.15) is 0 Å². The zero-order valence-electron chi connectivity index (χ0n) is 13.9. The highest BCUT2D eigenvalue weighted by Gasteiger charge is 2.43. The molecule has 2 aromatic rings. The lowest BCUT2D eigenvalue weighted by Gasteiger charge is -2.18. The molecule has 4 nitrogen and oxygen atoms in total. The average Bonchev–Trinajstić information content (AvgIpc) is 3.20. The number of aryl methyl sites for hydroxylation is 1. The van der Waals surface area contributed by atoms with E-state index >= 15 is 0 Å². The molecule has 1 aliphatic carbocycles. The monoisotopic (exact) mass is 474 g/mol. The standard InChI is InChI=1S/C17H22N4S2.HI/c1-13-19-10-15(22-13)11-20-16(18-2)21-12-17(8-9-17)23-14-6-4-3-5-7-14;/h3-7,10H,8-9,11-12H2,1-2H3,(H2,18,20,21);1H. The van der Waals surface area contributed by atoms with Gasteiger partial charge in [0.15, 0.2) is 5.96 Å². The summed E-state index contributed by atoms with van der Waals surface area (Å²) >= 11 is 3.69. The Kier molecular flexibility index (Phi) is 7.36. The maximum atomic E-state index is 4.32. The Labute approximate surface area is 169 Å². The summed E-state index contributed by atoms with van der Waals surface area (Å²) in [6.45, 7) is 3.73. The first-order valence-corrected chi connectivity index (χ1v) is 9.42. The van der Waals surface area contributed by atoms with Crippen LogP contribution in [0.5, 0.6) is 0 Å². The predicted octanol–water partition coefficient (Wildman–Crippen LogP) is 4.06. The number of nitrogens with one attached hydrogen (secondary N) is 2. The van der Waals surface area contributed by atoms with Gasteiger partial charge in [0.25, 0.3) is 0 Å². The van der Waals surface area contributed by atoms with E-state index in [4.69, 9.17) is 0 Å². The van der Waals surface area contributed by atoms with Crippen LogP contribution in [0.3, 0.4) is 0 Å². The first-order valence-electron chi connectivity index (χ1n) is 7.79. The van der Waals surface area contributed by atoms with Crippen molar-refractivity contribution in [1.29, 1.82) is 0 Å². The molecule has 7 heteroatoms. The third-order valence-electron chi connectivity index (χ3n) is 3.79. The van der Waals surface area contributed by atoms with Crippen molar-refractivity contribution < 1.29 is 0 Å². The number of thiazole rings is 1. The molecule has 1 aliphatic rings. The van der Waals surface area contributed by atoms with E-state index in [0.717, 1.165) is 24.1 Å². The number of guanidine groups is 1. The summed E-state index contributed by atoms with van der Waals surface area (Å²) in [5.41, 5.74) is 0. The van der Waals surface area contributed by atoms with E-state index in [1.807, 2.05) is 31.9 Å². The van der Waals surface area contributed by atoms with Gasteiger partial charge in [-0.15, -0.1) is 47.1 Å². The molecule has 0 unspecified atom stereocenters. The van der Waals surface area contributed by atoms with Crippen LogP contribution in [0.15, 0.2) is 46.4 Å². The molecular formula is C17H23IN4S2. The number of rotatable bonds is 6. The molecule has 130 valence electrons. The second-order valence-corrected chi connectivity index (χ2v) is 8.58. The number of benzene rings is 1. The Bertz CT molecular complexity index is 668. The van der Waals surface area contributed by atoms with Crippen LogP contribution < -0.4 is 10.6 Å². The van der Waals surface area contributed by atoms with Crippen LogP contribution in [-0.4, -0.2) is 29.3 Å². The van der Waals surface area contributed by atoms with Crippen LogP contribution in [-0.2, 0) is 6.54 Å². The predicted molar refractivity (Wildman–Crippen MR) is 115 cm³/mol. The largest absolute Gasteiger partial charge is 0.355 e. The van der Waals surface area contributed by atoms with Gasteiger partial charge in [0, 0.05) is 34.3 Å². The van der Waals surface area contributed by atoms with Gasteiger partial charge in [-0.3, -0.25) is 4.99 Å². The molecule has 24 heavy (non-hydrogen) atoms. The fourth-order valence-electron chi connectivity index (χ4n) is 2.32. The van der Waals surface area contributed by atoms with Crippen molar-refractivity contribution in [3.05, 3.63) is 46.4 Å². The van der Waals surface area contributed by atoms with Gasteiger partial charge in [-0.1, -0.05) is 18.2 Å². The minimum absolute atomic E-state index is 0.